The minimum atomic E-state index is 0.0936. The Morgan fingerprint density at radius 1 is 1.27 bits per heavy atom. The number of hydrogen-bond acceptors (Lipinski definition) is 2. The maximum atomic E-state index is 7.53. The highest BCUT2D eigenvalue weighted by Gasteiger charge is 2.06. The zero-order valence-corrected chi connectivity index (χ0v) is 8.83. The van der Waals surface area contributed by atoms with Crippen LogP contribution in [-0.2, 0) is 0 Å². The monoisotopic (exact) mass is 199 g/mol. The summed E-state index contributed by atoms with van der Waals surface area (Å²) in [6.07, 6.45) is 0. The van der Waals surface area contributed by atoms with E-state index in [1.165, 1.54) is 0 Å². The van der Waals surface area contributed by atoms with Crippen LogP contribution in [0.3, 0.4) is 0 Å². The number of rotatable bonds is 1. The molecule has 0 amide bonds. The van der Waals surface area contributed by atoms with Crippen LogP contribution in [0.1, 0.15) is 16.8 Å². The third kappa shape index (κ3) is 1.68. The van der Waals surface area contributed by atoms with Gasteiger partial charge in [0, 0.05) is 16.6 Å². The smallest absolute Gasteiger partial charge is 0.123 e. The molecule has 2 aromatic rings. The van der Waals surface area contributed by atoms with Crippen molar-refractivity contribution < 1.29 is 0 Å². The SMILES string of the molecule is Cc1ccc2nc(C)cc(C(=N)N)c2c1. The van der Waals surface area contributed by atoms with Crippen LogP contribution in [0.5, 0.6) is 0 Å². The molecule has 0 saturated heterocycles. The Bertz CT molecular complexity index is 544. The third-order valence-corrected chi connectivity index (χ3v) is 2.38. The molecule has 0 aliphatic heterocycles. The molecule has 3 N–H and O–H groups in total. The highest BCUT2D eigenvalue weighted by atomic mass is 14.7. The number of fused-ring (bicyclic) bond motifs is 1. The van der Waals surface area contributed by atoms with Crippen molar-refractivity contribution in [2.24, 2.45) is 5.73 Å². The zero-order chi connectivity index (χ0) is 11.0. The number of hydrogen-bond donors (Lipinski definition) is 2. The van der Waals surface area contributed by atoms with Crippen molar-refractivity contribution in [2.45, 2.75) is 13.8 Å². The molecular formula is C12H13N3. The Labute approximate surface area is 88.5 Å². The summed E-state index contributed by atoms with van der Waals surface area (Å²) in [6, 6.07) is 7.84. The van der Waals surface area contributed by atoms with Crippen LogP contribution in [0.25, 0.3) is 10.9 Å². The van der Waals surface area contributed by atoms with Gasteiger partial charge in [-0.3, -0.25) is 10.4 Å². The van der Waals surface area contributed by atoms with E-state index in [-0.39, 0.29) is 5.84 Å². The molecule has 2 rings (SSSR count). The number of nitrogens with zero attached hydrogens (tertiary/aromatic N) is 1. The fourth-order valence-electron chi connectivity index (χ4n) is 1.69. The van der Waals surface area contributed by atoms with Crippen LogP contribution in [-0.4, -0.2) is 10.8 Å². The van der Waals surface area contributed by atoms with Gasteiger partial charge < -0.3 is 5.73 Å². The average Bonchev–Trinajstić information content (AvgIpc) is 2.17. The molecule has 15 heavy (non-hydrogen) atoms. The molecule has 0 bridgehead atoms. The largest absolute Gasteiger partial charge is 0.384 e. The lowest BCUT2D eigenvalue weighted by Gasteiger charge is -2.06. The zero-order valence-electron chi connectivity index (χ0n) is 8.83. The number of aryl methyl sites for hydroxylation is 2. The van der Waals surface area contributed by atoms with E-state index in [0.29, 0.717) is 0 Å². The molecule has 76 valence electrons. The molecule has 0 spiro atoms. The van der Waals surface area contributed by atoms with E-state index in [1.54, 1.807) is 0 Å². The molecule has 1 aromatic carbocycles. The molecule has 0 saturated carbocycles. The van der Waals surface area contributed by atoms with Gasteiger partial charge in [0.05, 0.1) is 5.52 Å². The van der Waals surface area contributed by atoms with Gasteiger partial charge in [-0.05, 0) is 32.0 Å². The van der Waals surface area contributed by atoms with Crippen molar-refractivity contribution in [3.8, 4) is 0 Å². The van der Waals surface area contributed by atoms with E-state index in [4.69, 9.17) is 11.1 Å². The topological polar surface area (TPSA) is 62.8 Å². The molecule has 3 nitrogen and oxygen atoms in total. The lowest BCUT2D eigenvalue weighted by Crippen LogP contribution is -2.12. The number of pyridine rings is 1. The standard InChI is InChI=1S/C12H13N3/c1-7-3-4-11-9(5-7)10(12(13)14)6-8(2)15-11/h3-6H,1-2H3,(H3,13,14). The average molecular weight is 199 g/mol. The van der Waals surface area contributed by atoms with E-state index in [1.807, 2.05) is 38.1 Å². The van der Waals surface area contributed by atoms with Gasteiger partial charge >= 0.3 is 0 Å². The number of nitrogens with one attached hydrogen (secondary N) is 1. The first-order chi connectivity index (χ1) is 7.08. The molecule has 0 fully saturated rings. The molecule has 0 aliphatic rings. The van der Waals surface area contributed by atoms with Gasteiger partial charge in [0.1, 0.15) is 5.84 Å². The third-order valence-electron chi connectivity index (χ3n) is 2.38. The Morgan fingerprint density at radius 3 is 2.67 bits per heavy atom. The van der Waals surface area contributed by atoms with Gasteiger partial charge in [-0.15, -0.1) is 0 Å². The summed E-state index contributed by atoms with van der Waals surface area (Å²) in [4.78, 5) is 4.41. The van der Waals surface area contributed by atoms with Crippen LogP contribution in [0.15, 0.2) is 24.3 Å². The van der Waals surface area contributed by atoms with Crippen molar-refractivity contribution in [3.05, 3.63) is 41.1 Å². The summed E-state index contributed by atoms with van der Waals surface area (Å²) in [7, 11) is 0. The predicted octanol–water partition coefficient (Wildman–Crippen LogP) is 2.14. The lowest BCUT2D eigenvalue weighted by molar-refractivity contribution is 1.24. The van der Waals surface area contributed by atoms with Gasteiger partial charge in [-0.25, -0.2) is 0 Å². The van der Waals surface area contributed by atoms with Crippen LogP contribution >= 0.6 is 0 Å². The van der Waals surface area contributed by atoms with Gasteiger partial charge in [0.2, 0.25) is 0 Å². The van der Waals surface area contributed by atoms with Crippen molar-refractivity contribution in [1.82, 2.24) is 4.98 Å². The predicted molar refractivity (Wildman–Crippen MR) is 62.2 cm³/mol. The van der Waals surface area contributed by atoms with Crippen LogP contribution in [0.2, 0.25) is 0 Å². The molecule has 1 heterocycles. The second-order valence-corrected chi connectivity index (χ2v) is 3.75. The number of benzene rings is 1. The Balaban J connectivity index is 2.87. The summed E-state index contributed by atoms with van der Waals surface area (Å²) in [5.41, 5.74) is 9.25. The molecule has 0 atom stereocenters. The minimum Gasteiger partial charge on any atom is -0.384 e. The van der Waals surface area contributed by atoms with E-state index in [9.17, 15) is 0 Å². The van der Waals surface area contributed by atoms with Gasteiger partial charge in [0.15, 0.2) is 0 Å². The Morgan fingerprint density at radius 2 is 2.00 bits per heavy atom. The van der Waals surface area contributed by atoms with Crippen LogP contribution in [0, 0.1) is 19.3 Å². The maximum Gasteiger partial charge on any atom is 0.123 e. The number of aromatic nitrogens is 1. The van der Waals surface area contributed by atoms with Gasteiger partial charge in [-0.2, -0.15) is 0 Å². The fourth-order valence-corrected chi connectivity index (χ4v) is 1.69. The molecule has 0 aliphatic carbocycles. The molecular weight excluding hydrogens is 186 g/mol. The van der Waals surface area contributed by atoms with Crippen molar-refractivity contribution in [2.75, 3.05) is 0 Å². The number of nitrogens with two attached hydrogens (primary N) is 1. The minimum absolute atomic E-state index is 0.0936. The van der Waals surface area contributed by atoms with Crippen LogP contribution in [0.4, 0.5) is 0 Å². The fraction of sp³-hybridized carbons (Fsp3) is 0.167. The highest BCUT2D eigenvalue weighted by Crippen LogP contribution is 2.19. The first kappa shape index (κ1) is 9.65. The summed E-state index contributed by atoms with van der Waals surface area (Å²) < 4.78 is 0. The molecule has 0 radical (unpaired) electrons. The van der Waals surface area contributed by atoms with Gasteiger partial charge in [-0.1, -0.05) is 11.6 Å². The molecule has 3 heteroatoms. The molecule has 0 unspecified atom stereocenters. The lowest BCUT2D eigenvalue weighted by atomic mass is 10.0. The highest BCUT2D eigenvalue weighted by molar-refractivity contribution is 6.06. The second kappa shape index (κ2) is 3.35. The summed E-state index contributed by atoms with van der Waals surface area (Å²) >= 11 is 0. The first-order valence-corrected chi connectivity index (χ1v) is 4.80. The first-order valence-electron chi connectivity index (χ1n) is 4.80. The van der Waals surface area contributed by atoms with Crippen molar-refractivity contribution in [3.63, 3.8) is 0 Å². The Hall–Kier alpha value is -1.90. The van der Waals surface area contributed by atoms with Gasteiger partial charge in [0.25, 0.3) is 0 Å². The maximum absolute atomic E-state index is 7.53. The van der Waals surface area contributed by atoms with Crippen LogP contribution < -0.4 is 5.73 Å². The van der Waals surface area contributed by atoms with E-state index >= 15 is 0 Å². The van der Waals surface area contributed by atoms with Crippen molar-refractivity contribution in [1.29, 1.82) is 5.41 Å². The summed E-state index contributed by atoms with van der Waals surface area (Å²) in [5.74, 6) is 0.0936. The van der Waals surface area contributed by atoms with E-state index in [0.717, 1.165) is 27.7 Å². The number of amidine groups is 1. The Kier molecular flexibility index (Phi) is 2.15. The second-order valence-electron chi connectivity index (χ2n) is 3.75. The number of nitrogen functional groups attached to an aromatic ring is 1. The van der Waals surface area contributed by atoms with E-state index < -0.39 is 0 Å². The summed E-state index contributed by atoms with van der Waals surface area (Å²) in [5, 5.41) is 8.49. The quantitative estimate of drug-likeness (QED) is 0.546. The van der Waals surface area contributed by atoms with Crippen molar-refractivity contribution >= 4 is 16.7 Å². The molecule has 1 aromatic heterocycles. The summed E-state index contributed by atoms with van der Waals surface area (Å²) in [6.45, 7) is 3.93. The van der Waals surface area contributed by atoms with E-state index in [2.05, 4.69) is 4.98 Å². The normalized spacial score (nSPS) is 10.5.